The van der Waals surface area contributed by atoms with Crippen molar-refractivity contribution < 1.29 is 13.9 Å². The Bertz CT molecular complexity index is 867. The van der Waals surface area contributed by atoms with Crippen molar-refractivity contribution in [2.45, 2.75) is 6.61 Å². The third-order valence-electron chi connectivity index (χ3n) is 3.33. The molecule has 6 nitrogen and oxygen atoms in total. The summed E-state index contributed by atoms with van der Waals surface area (Å²) < 4.78 is 26.4. The van der Waals surface area contributed by atoms with Crippen LogP contribution in [0.3, 0.4) is 0 Å². The molecule has 0 N–H and O–H groups in total. The van der Waals surface area contributed by atoms with Crippen LogP contribution in [0.15, 0.2) is 58.6 Å². The summed E-state index contributed by atoms with van der Waals surface area (Å²) in [6, 6.07) is 9.76. The van der Waals surface area contributed by atoms with E-state index in [2.05, 4.69) is 31.2 Å². The van der Waals surface area contributed by atoms with E-state index >= 15 is 0 Å². The first kappa shape index (κ1) is 17.1. The predicted molar refractivity (Wildman–Crippen MR) is 94.4 cm³/mol. The average molecular weight is 405 g/mol. The third-order valence-corrected chi connectivity index (χ3v) is 4.01. The van der Waals surface area contributed by atoms with Crippen LogP contribution in [0.1, 0.15) is 11.1 Å². The van der Waals surface area contributed by atoms with Crippen LogP contribution in [0.4, 0.5) is 4.39 Å². The summed E-state index contributed by atoms with van der Waals surface area (Å²) in [5.41, 5.74) is 1.66. The van der Waals surface area contributed by atoms with Gasteiger partial charge in [0.05, 0.1) is 13.3 Å². The summed E-state index contributed by atoms with van der Waals surface area (Å²) in [4.78, 5) is 0. The predicted octanol–water partition coefficient (Wildman–Crippen LogP) is 3.65. The van der Waals surface area contributed by atoms with Crippen molar-refractivity contribution >= 4 is 22.1 Å². The number of rotatable bonds is 6. The summed E-state index contributed by atoms with van der Waals surface area (Å²) >= 11 is 3.49. The number of methoxy groups -OCH3 is 1. The minimum absolute atomic E-state index is 0.277. The van der Waals surface area contributed by atoms with Crippen LogP contribution in [0.5, 0.6) is 11.5 Å². The van der Waals surface area contributed by atoms with Crippen LogP contribution in [0.25, 0.3) is 0 Å². The van der Waals surface area contributed by atoms with Crippen molar-refractivity contribution in [3.8, 4) is 11.5 Å². The van der Waals surface area contributed by atoms with E-state index in [9.17, 15) is 4.39 Å². The topological polar surface area (TPSA) is 61.5 Å². The van der Waals surface area contributed by atoms with Crippen LogP contribution in [0, 0.1) is 5.82 Å². The SMILES string of the molecule is COc1cc(/C=N\n2cnnc2)c(Br)cc1OCc1ccc(F)cc1. The minimum Gasteiger partial charge on any atom is -0.493 e. The number of halogens is 2. The number of hydrogen-bond acceptors (Lipinski definition) is 5. The number of benzene rings is 2. The molecule has 0 atom stereocenters. The van der Waals surface area contributed by atoms with Crippen molar-refractivity contribution in [1.82, 2.24) is 14.9 Å². The number of nitrogens with zero attached hydrogens (tertiary/aromatic N) is 4. The van der Waals surface area contributed by atoms with Gasteiger partial charge in [-0.1, -0.05) is 12.1 Å². The van der Waals surface area contributed by atoms with Gasteiger partial charge in [-0.05, 0) is 45.8 Å². The maximum absolute atomic E-state index is 13.0. The second-order valence-electron chi connectivity index (χ2n) is 5.03. The zero-order valence-corrected chi connectivity index (χ0v) is 14.9. The van der Waals surface area contributed by atoms with Gasteiger partial charge in [0.15, 0.2) is 11.5 Å². The van der Waals surface area contributed by atoms with Gasteiger partial charge in [-0.15, -0.1) is 10.2 Å². The maximum Gasteiger partial charge on any atom is 0.162 e. The molecular weight excluding hydrogens is 391 g/mol. The highest BCUT2D eigenvalue weighted by Gasteiger charge is 2.10. The summed E-state index contributed by atoms with van der Waals surface area (Å²) in [6.45, 7) is 0.303. The maximum atomic E-state index is 13.0. The molecule has 3 aromatic rings. The smallest absolute Gasteiger partial charge is 0.162 e. The molecule has 128 valence electrons. The van der Waals surface area contributed by atoms with Crippen LogP contribution in [-0.2, 0) is 6.61 Å². The van der Waals surface area contributed by atoms with Crippen molar-refractivity contribution in [2.75, 3.05) is 7.11 Å². The van der Waals surface area contributed by atoms with Crippen molar-refractivity contribution in [3.05, 3.63) is 70.5 Å². The zero-order valence-electron chi connectivity index (χ0n) is 13.3. The van der Waals surface area contributed by atoms with Gasteiger partial charge in [-0.25, -0.2) is 9.07 Å². The van der Waals surface area contributed by atoms with Gasteiger partial charge in [0.1, 0.15) is 25.1 Å². The van der Waals surface area contributed by atoms with Crippen LogP contribution in [-0.4, -0.2) is 28.2 Å². The van der Waals surface area contributed by atoms with Gasteiger partial charge in [0.2, 0.25) is 0 Å². The standard InChI is InChI=1S/C17H14BrFN4O2/c1-24-16-6-13(8-22-23-10-20-21-11-23)15(18)7-17(16)25-9-12-2-4-14(19)5-3-12/h2-8,10-11H,9H2,1H3/b22-8-. The first-order chi connectivity index (χ1) is 12.2. The van der Waals surface area contributed by atoms with Crippen molar-refractivity contribution in [3.63, 3.8) is 0 Å². The van der Waals surface area contributed by atoms with E-state index < -0.39 is 0 Å². The van der Waals surface area contributed by atoms with Crippen LogP contribution in [0.2, 0.25) is 0 Å². The first-order valence-corrected chi connectivity index (χ1v) is 8.09. The number of ether oxygens (including phenoxy) is 2. The van der Waals surface area contributed by atoms with Gasteiger partial charge in [0, 0.05) is 10.0 Å². The zero-order chi connectivity index (χ0) is 17.6. The highest BCUT2D eigenvalue weighted by Crippen LogP contribution is 2.33. The fourth-order valence-corrected chi connectivity index (χ4v) is 2.47. The van der Waals surface area contributed by atoms with E-state index in [0.29, 0.717) is 18.1 Å². The van der Waals surface area contributed by atoms with Gasteiger partial charge < -0.3 is 9.47 Å². The van der Waals surface area contributed by atoms with E-state index in [0.717, 1.165) is 15.6 Å². The largest absolute Gasteiger partial charge is 0.493 e. The van der Waals surface area contributed by atoms with E-state index in [1.165, 1.54) is 29.5 Å². The molecule has 1 aromatic heterocycles. The molecule has 0 bridgehead atoms. The molecule has 0 spiro atoms. The molecule has 0 fully saturated rings. The molecule has 0 amide bonds. The molecule has 8 heteroatoms. The van der Waals surface area contributed by atoms with Crippen LogP contribution >= 0.6 is 15.9 Å². The Morgan fingerprint density at radius 3 is 2.56 bits per heavy atom. The Labute approximate surface area is 152 Å². The second-order valence-corrected chi connectivity index (χ2v) is 5.88. The lowest BCUT2D eigenvalue weighted by Crippen LogP contribution is -1.99. The molecular formula is C17H14BrFN4O2. The molecule has 0 unspecified atom stereocenters. The number of aromatic nitrogens is 3. The number of hydrogen-bond donors (Lipinski definition) is 0. The molecule has 2 aromatic carbocycles. The van der Waals surface area contributed by atoms with Gasteiger partial charge in [-0.2, -0.15) is 5.10 Å². The molecule has 0 radical (unpaired) electrons. The molecule has 25 heavy (non-hydrogen) atoms. The molecule has 0 saturated carbocycles. The Morgan fingerprint density at radius 2 is 1.88 bits per heavy atom. The van der Waals surface area contributed by atoms with E-state index in [1.807, 2.05) is 0 Å². The Hall–Kier alpha value is -2.74. The minimum atomic E-state index is -0.277. The lowest BCUT2D eigenvalue weighted by Gasteiger charge is -2.12. The Morgan fingerprint density at radius 1 is 1.16 bits per heavy atom. The summed E-state index contributed by atoms with van der Waals surface area (Å²) in [6.07, 6.45) is 4.63. The monoisotopic (exact) mass is 404 g/mol. The van der Waals surface area contributed by atoms with Gasteiger partial charge in [0.25, 0.3) is 0 Å². The van der Waals surface area contributed by atoms with Gasteiger partial charge in [-0.3, -0.25) is 0 Å². The summed E-state index contributed by atoms with van der Waals surface area (Å²) in [5.74, 6) is 0.858. The second kappa shape index (κ2) is 7.89. The highest BCUT2D eigenvalue weighted by molar-refractivity contribution is 9.10. The lowest BCUT2D eigenvalue weighted by atomic mass is 10.2. The Balaban J connectivity index is 1.78. The molecule has 0 saturated heterocycles. The molecule has 1 heterocycles. The fourth-order valence-electron chi connectivity index (χ4n) is 2.05. The van der Waals surface area contributed by atoms with Crippen molar-refractivity contribution in [1.29, 1.82) is 0 Å². The summed E-state index contributed by atoms with van der Waals surface area (Å²) in [5, 5.41) is 11.6. The fraction of sp³-hybridized carbons (Fsp3) is 0.118. The van der Waals surface area contributed by atoms with Gasteiger partial charge >= 0.3 is 0 Å². The lowest BCUT2D eigenvalue weighted by molar-refractivity contribution is 0.284. The quantitative estimate of drug-likeness (QED) is 0.588. The summed E-state index contributed by atoms with van der Waals surface area (Å²) in [7, 11) is 1.56. The first-order valence-electron chi connectivity index (χ1n) is 7.29. The van der Waals surface area contributed by atoms with Crippen LogP contribution < -0.4 is 9.47 Å². The normalized spacial score (nSPS) is 11.0. The molecule has 0 aliphatic rings. The van der Waals surface area contributed by atoms with Crippen molar-refractivity contribution in [2.24, 2.45) is 5.10 Å². The van der Waals surface area contributed by atoms with E-state index in [-0.39, 0.29) is 5.82 Å². The molecule has 0 aliphatic heterocycles. The molecule has 3 rings (SSSR count). The Kier molecular flexibility index (Phi) is 5.39. The average Bonchev–Trinajstić information content (AvgIpc) is 3.14. The van der Waals surface area contributed by atoms with E-state index in [1.54, 1.807) is 37.6 Å². The van der Waals surface area contributed by atoms with E-state index in [4.69, 9.17) is 9.47 Å². The third kappa shape index (κ3) is 4.42. The highest BCUT2D eigenvalue weighted by atomic mass is 79.9. The molecule has 0 aliphatic carbocycles.